The third-order valence-corrected chi connectivity index (χ3v) is 4.87. The molecule has 1 atom stereocenters. The minimum Gasteiger partial charge on any atom is -0.338 e. The lowest BCUT2D eigenvalue weighted by Gasteiger charge is -2.21. The van der Waals surface area contributed by atoms with Gasteiger partial charge in [0.25, 0.3) is 0 Å². The van der Waals surface area contributed by atoms with Crippen molar-refractivity contribution in [1.82, 2.24) is 15.0 Å². The van der Waals surface area contributed by atoms with Gasteiger partial charge in [-0.3, -0.25) is 9.69 Å². The van der Waals surface area contributed by atoms with Crippen LogP contribution in [0, 0.1) is 11.3 Å². The molecular formula is C15H17N5O2S. The summed E-state index contributed by atoms with van der Waals surface area (Å²) in [6, 6.07) is 3.65. The second kappa shape index (κ2) is 6.48. The summed E-state index contributed by atoms with van der Waals surface area (Å²) in [5.41, 5.74) is 0.552. The molecule has 1 fully saturated rings. The topological polar surface area (TPSA) is 86.3 Å². The Morgan fingerprint density at radius 1 is 1.61 bits per heavy atom. The maximum Gasteiger partial charge on any atom is 0.245 e. The first kappa shape index (κ1) is 15.6. The number of nitrogens with zero attached hydrogens (tertiary/aromatic N) is 5. The highest BCUT2D eigenvalue weighted by Crippen LogP contribution is 2.32. The number of hydrogen-bond acceptors (Lipinski definition) is 7. The third kappa shape index (κ3) is 2.98. The molecule has 0 aliphatic carbocycles. The monoisotopic (exact) mass is 331 g/mol. The van der Waals surface area contributed by atoms with Gasteiger partial charge in [-0.25, -0.2) is 0 Å². The molecular weight excluding hydrogens is 314 g/mol. The molecule has 1 amide bonds. The highest BCUT2D eigenvalue weighted by Gasteiger charge is 2.37. The Kier molecular flexibility index (Phi) is 4.41. The van der Waals surface area contributed by atoms with Crippen LogP contribution < -0.4 is 4.90 Å². The molecule has 0 saturated carbocycles. The number of rotatable bonds is 5. The SMILES string of the molecule is CCc1noc(CN(C)[C@@H]2CCN(c3sccc3C#N)C2=O)n1. The van der Waals surface area contributed by atoms with Crippen molar-refractivity contribution < 1.29 is 9.32 Å². The first-order valence-corrected chi connectivity index (χ1v) is 8.32. The lowest BCUT2D eigenvalue weighted by molar-refractivity contribution is -0.121. The van der Waals surface area contributed by atoms with Crippen LogP contribution in [0.15, 0.2) is 16.0 Å². The van der Waals surface area contributed by atoms with Crippen molar-refractivity contribution in [1.29, 1.82) is 5.26 Å². The van der Waals surface area contributed by atoms with Crippen LogP contribution in [0.1, 0.15) is 30.6 Å². The number of amides is 1. The maximum atomic E-state index is 12.7. The number of aromatic nitrogens is 2. The molecule has 120 valence electrons. The van der Waals surface area contributed by atoms with Crippen LogP contribution in [-0.2, 0) is 17.8 Å². The molecule has 0 radical (unpaired) electrons. The van der Waals surface area contributed by atoms with Crippen LogP contribution >= 0.6 is 11.3 Å². The van der Waals surface area contributed by atoms with Crippen molar-refractivity contribution >= 4 is 22.2 Å². The van der Waals surface area contributed by atoms with Gasteiger partial charge in [-0.2, -0.15) is 10.2 Å². The fourth-order valence-corrected chi connectivity index (χ4v) is 3.57. The van der Waals surface area contributed by atoms with Crippen LogP contribution in [0.25, 0.3) is 0 Å². The van der Waals surface area contributed by atoms with E-state index in [1.165, 1.54) is 11.3 Å². The molecule has 1 aliphatic heterocycles. The summed E-state index contributed by atoms with van der Waals surface area (Å²) in [6.45, 7) is 3.02. The molecule has 0 spiro atoms. The predicted molar refractivity (Wildman–Crippen MR) is 84.9 cm³/mol. The molecule has 0 aromatic carbocycles. The fourth-order valence-electron chi connectivity index (χ4n) is 2.69. The normalized spacial score (nSPS) is 17.9. The number of nitriles is 1. The number of thiophene rings is 1. The molecule has 7 nitrogen and oxygen atoms in total. The lowest BCUT2D eigenvalue weighted by atomic mass is 10.2. The third-order valence-electron chi connectivity index (χ3n) is 3.93. The largest absolute Gasteiger partial charge is 0.338 e. The Morgan fingerprint density at radius 2 is 2.43 bits per heavy atom. The molecule has 1 saturated heterocycles. The minimum absolute atomic E-state index is 0.0154. The Labute approximate surface area is 138 Å². The summed E-state index contributed by atoms with van der Waals surface area (Å²) in [7, 11) is 1.88. The maximum absolute atomic E-state index is 12.7. The van der Waals surface area contributed by atoms with Crippen LogP contribution in [0.5, 0.6) is 0 Å². The molecule has 2 aromatic heterocycles. The second-order valence-corrected chi connectivity index (χ2v) is 6.31. The van der Waals surface area contributed by atoms with Crippen LogP contribution in [-0.4, -0.2) is 40.6 Å². The van der Waals surface area contributed by atoms with Gasteiger partial charge >= 0.3 is 0 Å². The van der Waals surface area contributed by atoms with E-state index in [1.807, 2.05) is 24.3 Å². The van der Waals surface area contributed by atoms with Crippen molar-refractivity contribution in [2.24, 2.45) is 0 Å². The number of likely N-dealkylation sites (N-methyl/N-ethyl adjacent to an activating group) is 1. The molecule has 3 heterocycles. The molecule has 0 N–H and O–H groups in total. The van der Waals surface area contributed by atoms with Crippen molar-refractivity contribution in [2.45, 2.75) is 32.4 Å². The molecule has 3 rings (SSSR count). The number of anilines is 1. The Balaban J connectivity index is 1.70. The van der Waals surface area contributed by atoms with Gasteiger partial charge in [0.15, 0.2) is 5.82 Å². The van der Waals surface area contributed by atoms with Crippen LogP contribution in [0.4, 0.5) is 5.00 Å². The van der Waals surface area contributed by atoms with Crippen molar-refractivity contribution in [3.8, 4) is 6.07 Å². The average molecular weight is 331 g/mol. The van der Waals surface area contributed by atoms with E-state index < -0.39 is 0 Å². The minimum atomic E-state index is -0.236. The molecule has 0 bridgehead atoms. The molecule has 2 aromatic rings. The van der Waals surface area contributed by atoms with Gasteiger partial charge < -0.3 is 9.42 Å². The summed E-state index contributed by atoms with van der Waals surface area (Å²) in [4.78, 5) is 20.6. The van der Waals surface area contributed by atoms with E-state index in [0.29, 0.717) is 36.8 Å². The number of carbonyl (C=O) groups is 1. The van der Waals surface area contributed by atoms with E-state index in [0.717, 1.165) is 11.4 Å². The summed E-state index contributed by atoms with van der Waals surface area (Å²) in [5, 5.41) is 15.6. The second-order valence-electron chi connectivity index (χ2n) is 5.42. The summed E-state index contributed by atoms with van der Waals surface area (Å²) in [6.07, 6.45) is 1.44. The van der Waals surface area contributed by atoms with E-state index in [1.54, 1.807) is 11.0 Å². The predicted octanol–water partition coefficient (Wildman–Crippen LogP) is 1.80. The van der Waals surface area contributed by atoms with Crippen LogP contribution in [0.2, 0.25) is 0 Å². The molecule has 0 unspecified atom stereocenters. The molecule has 1 aliphatic rings. The lowest BCUT2D eigenvalue weighted by Crippen LogP contribution is -2.39. The molecule has 23 heavy (non-hydrogen) atoms. The number of carbonyl (C=O) groups excluding carboxylic acids is 1. The average Bonchev–Trinajstić information content (AvgIpc) is 3.25. The smallest absolute Gasteiger partial charge is 0.245 e. The van der Waals surface area contributed by atoms with Gasteiger partial charge in [-0.1, -0.05) is 12.1 Å². The summed E-state index contributed by atoms with van der Waals surface area (Å²) in [5.74, 6) is 1.20. The van der Waals surface area contributed by atoms with E-state index >= 15 is 0 Å². The first-order chi connectivity index (χ1) is 11.1. The van der Waals surface area contributed by atoms with Gasteiger partial charge in [0.05, 0.1) is 18.2 Å². The zero-order valence-electron chi connectivity index (χ0n) is 13.0. The summed E-state index contributed by atoms with van der Waals surface area (Å²) < 4.78 is 5.19. The van der Waals surface area contributed by atoms with E-state index in [9.17, 15) is 4.79 Å². The highest BCUT2D eigenvalue weighted by molar-refractivity contribution is 7.14. The Hall–Kier alpha value is -2.24. The van der Waals surface area contributed by atoms with Gasteiger partial charge in [0.1, 0.15) is 11.1 Å². The van der Waals surface area contributed by atoms with Crippen molar-refractivity contribution in [2.75, 3.05) is 18.5 Å². The van der Waals surface area contributed by atoms with Crippen LogP contribution in [0.3, 0.4) is 0 Å². The zero-order valence-corrected chi connectivity index (χ0v) is 13.8. The van der Waals surface area contributed by atoms with Crippen molar-refractivity contribution in [3.05, 3.63) is 28.7 Å². The first-order valence-electron chi connectivity index (χ1n) is 7.44. The zero-order chi connectivity index (χ0) is 16.4. The quantitative estimate of drug-likeness (QED) is 0.830. The Bertz CT molecular complexity index is 747. The van der Waals surface area contributed by atoms with E-state index in [2.05, 4.69) is 16.2 Å². The standard InChI is InChI=1S/C15H17N5O2S/c1-3-12-17-13(22-18-12)9-19(2)11-4-6-20(14(11)21)15-10(8-16)5-7-23-15/h5,7,11H,3-4,6,9H2,1-2H3/t11-/m1/s1. The van der Waals surface area contributed by atoms with Gasteiger partial charge in [-0.15, -0.1) is 11.3 Å². The molecule has 8 heteroatoms. The van der Waals surface area contributed by atoms with E-state index in [-0.39, 0.29) is 11.9 Å². The van der Waals surface area contributed by atoms with Gasteiger partial charge in [0.2, 0.25) is 11.8 Å². The van der Waals surface area contributed by atoms with Gasteiger partial charge in [-0.05, 0) is 24.9 Å². The highest BCUT2D eigenvalue weighted by atomic mass is 32.1. The Morgan fingerprint density at radius 3 is 3.13 bits per heavy atom. The van der Waals surface area contributed by atoms with E-state index in [4.69, 9.17) is 9.78 Å². The fraction of sp³-hybridized carbons (Fsp3) is 0.467. The van der Waals surface area contributed by atoms with Crippen molar-refractivity contribution in [3.63, 3.8) is 0 Å². The van der Waals surface area contributed by atoms with Gasteiger partial charge in [0, 0.05) is 13.0 Å². The summed E-state index contributed by atoms with van der Waals surface area (Å²) >= 11 is 1.42. The number of aryl methyl sites for hydroxylation is 1. The number of hydrogen-bond donors (Lipinski definition) is 0.